The summed E-state index contributed by atoms with van der Waals surface area (Å²) in [4.78, 5) is 2.09. The fraction of sp³-hybridized carbons (Fsp3) is 0.133. The Balaban J connectivity index is 1.85. The molecule has 1 heterocycles. The van der Waals surface area contributed by atoms with Crippen molar-refractivity contribution in [3.05, 3.63) is 64.1 Å². The molecule has 0 unspecified atom stereocenters. The van der Waals surface area contributed by atoms with Gasteiger partial charge in [0.2, 0.25) is 0 Å². The van der Waals surface area contributed by atoms with E-state index in [2.05, 4.69) is 15.4 Å². The lowest BCUT2D eigenvalue weighted by Gasteiger charge is -2.19. The van der Waals surface area contributed by atoms with Crippen molar-refractivity contribution < 1.29 is 0 Å². The molecule has 5 heteroatoms. The number of halogens is 2. The SMILES string of the molecule is Clc1cccc(N2CNN=C2Cc2ccccc2Cl)c1. The molecular weight excluding hydrogens is 293 g/mol. The molecule has 0 saturated carbocycles. The number of nitrogens with one attached hydrogen (secondary N) is 1. The molecule has 1 aliphatic rings. The summed E-state index contributed by atoms with van der Waals surface area (Å²) in [6, 6.07) is 15.5. The van der Waals surface area contributed by atoms with Crippen LogP contribution in [0.15, 0.2) is 53.6 Å². The Labute approximate surface area is 127 Å². The summed E-state index contributed by atoms with van der Waals surface area (Å²) in [6.45, 7) is 0.639. The molecule has 20 heavy (non-hydrogen) atoms. The van der Waals surface area contributed by atoms with Gasteiger partial charge in [0.25, 0.3) is 0 Å². The zero-order valence-electron chi connectivity index (χ0n) is 10.7. The third-order valence-corrected chi connectivity index (χ3v) is 3.78. The Morgan fingerprint density at radius 2 is 1.95 bits per heavy atom. The van der Waals surface area contributed by atoms with Crippen molar-refractivity contribution in [2.45, 2.75) is 6.42 Å². The first-order valence-electron chi connectivity index (χ1n) is 6.30. The summed E-state index contributed by atoms with van der Waals surface area (Å²) in [5, 5.41) is 5.82. The van der Waals surface area contributed by atoms with Gasteiger partial charge in [-0.3, -0.25) is 5.43 Å². The van der Waals surface area contributed by atoms with Gasteiger partial charge in [-0.2, -0.15) is 5.10 Å². The fourth-order valence-electron chi connectivity index (χ4n) is 2.18. The van der Waals surface area contributed by atoms with Crippen molar-refractivity contribution in [3.63, 3.8) is 0 Å². The van der Waals surface area contributed by atoms with Crippen LogP contribution in [0.4, 0.5) is 5.69 Å². The smallest absolute Gasteiger partial charge is 0.135 e. The van der Waals surface area contributed by atoms with Crippen molar-refractivity contribution in [2.24, 2.45) is 5.10 Å². The van der Waals surface area contributed by atoms with E-state index >= 15 is 0 Å². The number of nitrogens with zero attached hydrogens (tertiary/aromatic N) is 2. The van der Waals surface area contributed by atoms with Crippen molar-refractivity contribution in [2.75, 3.05) is 11.6 Å². The van der Waals surface area contributed by atoms with E-state index in [9.17, 15) is 0 Å². The first-order valence-corrected chi connectivity index (χ1v) is 7.05. The molecule has 3 rings (SSSR count). The van der Waals surface area contributed by atoms with Crippen LogP contribution in [-0.4, -0.2) is 12.5 Å². The molecule has 1 N–H and O–H groups in total. The summed E-state index contributed by atoms with van der Waals surface area (Å²) in [5.74, 6) is 0.931. The molecule has 0 amide bonds. The van der Waals surface area contributed by atoms with Gasteiger partial charge >= 0.3 is 0 Å². The lowest BCUT2D eigenvalue weighted by molar-refractivity contribution is 0.807. The maximum absolute atomic E-state index is 6.21. The van der Waals surface area contributed by atoms with Gasteiger partial charge in [0.05, 0.1) is 0 Å². The second kappa shape index (κ2) is 5.73. The van der Waals surface area contributed by atoms with Crippen LogP contribution in [-0.2, 0) is 6.42 Å². The zero-order chi connectivity index (χ0) is 13.9. The molecule has 0 bridgehead atoms. The van der Waals surface area contributed by atoms with Gasteiger partial charge in [-0.25, -0.2) is 0 Å². The molecule has 0 radical (unpaired) electrons. The number of amidine groups is 1. The predicted molar refractivity (Wildman–Crippen MR) is 84.5 cm³/mol. The van der Waals surface area contributed by atoms with E-state index in [1.54, 1.807) is 0 Å². The van der Waals surface area contributed by atoms with E-state index < -0.39 is 0 Å². The molecule has 2 aromatic rings. The Kier molecular flexibility index (Phi) is 3.81. The standard InChI is InChI=1S/C15H13Cl2N3/c16-12-5-3-6-13(9-12)20-10-18-19-15(20)8-11-4-1-2-7-14(11)17/h1-7,9,18H,8,10H2. The molecule has 0 aromatic heterocycles. The Morgan fingerprint density at radius 3 is 2.75 bits per heavy atom. The molecule has 3 nitrogen and oxygen atoms in total. The predicted octanol–water partition coefficient (Wildman–Crippen LogP) is 3.92. The Bertz CT molecular complexity index is 655. The van der Waals surface area contributed by atoms with Crippen LogP contribution in [0, 0.1) is 0 Å². The molecule has 0 saturated heterocycles. The van der Waals surface area contributed by atoms with Gasteiger partial charge in [-0.15, -0.1) is 0 Å². The average molecular weight is 306 g/mol. The van der Waals surface area contributed by atoms with Crippen LogP contribution in [0.2, 0.25) is 10.0 Å². The summed E-state index contributed by atoms with van der Waals surface area (Å²) in [6.07, 6.45) is 0.680. The van der Waals surface area contributed by atoms with Crippen LogP contribution >= 0.6 is 23.2 Å². The van der Waals surface area contributed by atoms with Crippen LogP contribution in [0.5, 0.6) is 0 Å². The first kappa shape index (κ1) is 13.3. The second-order valence-corrected chi connectivity index (χ2v) is 5.36. The lowest BCUT2D eigenvalue weighted by Crippen LogP contribution is -2.30. The summed E-state index contributed by atoms with van der Waals surface area (Å²) >= 11 is 12.3. The van der Waals surface area contributed by atoms with Gasteiger partial charge < -0.3 is 4.90 Å². The topological polar surface area (TPSA) is 27.6 Å². The highest BCUT2D eigenvalue weighted by molar-refractivity contribution is 6.31. The fourth-order valence-corrected chi connectivity index (χ4v) is 2.57. The van der Waals surface area contributed by atoms with Crippen LogP contribution < -0.4 is 10.3 Å². The second-order valence-electron chi connectivity index (χ2n) is 4.52. The lowest BCUT2D eigenvalue weighted by atomic mass is 10.1. The third-order valence-electron chi connectivity index (χ3n) is 3.17. The number of hydrogen-bond donors (Lipinski definition) is 1. The largest absolute Gasteiger partial charge is 0.309 e. The normalized spacial score (nSPS) is 14.1. The highest BCUT2D eigenvalue weighted by atomic mass is 35.5. The minimum absolute atomic E-state index is 0.639. The average Bonchev–Trinajstić information content (AvgIpc) is 2.90. The third kappa shape index (κ3) is 2.74. The molecule has 2 aromatic carbocycles. The minimum Gasteiger partial charge on any atom is -0.309 e. The van der Waals surface area contributed by atoms with Crippen LogP contribution in [0.3, 0.4) is 0 Å². The number of hydrazone groups is 1. The quantitative estimate of drug-likeness (QED) is 0.931. The number of hydrogen-bond acceptors (Lipinski definition) is 3. The van der Waals surface area contributed by atoms with Gasteiger partial charge in [-0.05, 0) is 29.8 Å². The monoisotopic (exact) mass is 305 g/mol. The molecule has 0 fully saturated rings. The number of anilines is 1. The van der Waals surface area contributed by atoms with Crippen molar-refractivity contribution in [1.29, 1.82) is 0 Å². The molecule has 0 atom stereocenters. The van der Waals surface area contributed by atoms with Gasteiger partial charge in [-0.1, -0.05) is 47.5 Å². The zero-order valence-corrected chi connectivity index (χ0v) is 12.2. The van der Waals surface area contributed by atoms with Crippen molar-refractivity contribution in [3.8, 4) is 0 Å². The molecule has 0 aliphatic carbocycles. The highest BCUT2D eigenvalue weighted by Crippen LogP contribution is 2.23. The summed E-state index contributed by atoms with van der Waals surface area (Å²) in [7, 11) is 0. The number of benzene rings is 2. The van der Waals surface area contributed by atoms with E-state index in [0.717, 1.165) is 22.1 Å². The molecular formula is C15H13Cl2N3. The van der Waals surface area contributed by atoms with E-state index in [1.165, 1.54) is 0 Å². The van der Waals surface area contributed by atoms with E-state index in [0.29, 0.717) is 18.1 Å². The summed E-state index contributed by atoms with van der Waals surface area (Å²) < 4.78 is 0. The van der Waals surface area contributed by atoms with Crippen molar-refractivity contribution >= 4 is 34.7 Å². The maximum Gasteiger partial charge on any atom is 0.135 e. The summed E-state index contributed by atoms with van der Waals surface area (Å²) in [5.41, 5.74) is 5.09. The maximum atomic E-state index is 6.21. The Hall–Kier alpha value is -1.71. The van der Waals surface area contributed by atoms with Crippen LogP contribution in [0.25, 0.3) is 0 Å². The van der Waals surface area contributed by atoms with Gasteiger partial charge in [0.1, 0.15) is 12.5 Å². The van der Waals surface area contributed by atoms with Gasteiger partial charge in [0.15, 0.2) is 0 Å². The molecule has 1 aliphatic heterocycles. The van der Waals surface area contributed by atoms with E-state index in [1.807, 2.05) is 48.5 Å². The number of rotatable bonds is 3. The van der Waals surface area contributed by atoms with Crippen molar-refractivity contribution in [1.82, 2.24) is 5.43 Å². The van der Waals surface area contributed by atoms with E-state index in [-0.39, 0.29) is 0 Å². The molecule has 0 spiro atoms. The van der Waals surface area contributed by atoms with E-state index in [4.69, 9.17) is 23.2 Å². The highest BCUT2D eigenvalue weighted by Gasteiger charge is 2.19. The Morgan fingerprint density at radius 1 is 1.10 bits per heavy atom. The minimum atomic E-state index is 0.639. The first-order chi connectivity index (χ1) is 9.74. The molecule has 102 valence electrons. The van der Waals surface area contributed by atoms with Crippen LogP contribution in [0.1, 0.15) is 5.56 Å². The van der Waals surface area contributed by atoms with Gasteiger partial charge in [0, 0.05) is 22.2 Å².